The molecule has 4 aliphatic heterocycles. The Labute approximate surface area is 256 Å². The number of aliphatic carboxylic acids is 1. The number of benzene rings is 1. The quantitative estimate of drug-likeness (QED) is 0.135. The summed E-state index contributed by atoms with van der Waals surface area (Å²) in [4.78, 5) is 79.1. The average molecular weight is 632 g/mol. The lowest BCUT2D eigenvalue weighted by molar-refractivity contribution is -0.384. The van der Waals surface area contributed by atoms with Crippen molar-refractivity contribution >= 4 is 47.1 Å². The highest BCUT2D eigenvalue weighted by Crippen LogP contribution is 2.54. The van der Waals surface area contributed by atoms with Crippen LogP contribution in [0.3, 0.4) is 0 Å². The zero-order valence-corrected chi connectivity index (χ0v) is 24.9. The second-order valence-corrected chi connectivity index (χ2v) is 12.9. The number of nitro benzene ring substituents is 1. The molecule has 3 amide bonds. The van der Waals surface area contributed by atoms with E-state index >= 15 is 0 Å². The molecule has 0 radical (unpaired) electrons. The SMILES string of the molecule is CC(O)[C@H]1C(=O)N2C(C(=O)O)=C(S[C@]3(C(=O)N4CCN(CC(=O)OCc5ccc([N+](=O)[O-])cc5)CC4)CNC(=O)C3)[C@H](C)[C@H]12. The van der Waals surface area contributed by atoms with E-state index in [0.29, 0.717) is 23.6 Å². The van der Waals surface area contributed by atoms with E-state index in [4.69, 9.17) is 4.74 Å². The minimum atomic E-state index is -1.32. The molecule has 3 N–H and O–H groups in total. The monoisotopic (exact) mass is 631 g/mol. The minimum Gasteiger partial charge on any atom is -0.477 e. The van der Waals surface area contributed by atoms with Crippen molar-refractivity contribution in [3.05, 3.63) is 50.5 Å². The zero-order valence-electron chi connectivity index (χ0n) is 24.1. The summed E-state index contributed by atoms with van der Waals surface area (Å²) in [6, 6.07) is 5.15. The number of piperazine rings is 1. The van der Waals surface area contributed by atoms with Crippen LogP contribution in [0, 0.1) is 22.0 Å². The normalized spacial score (nSPS) is 27.5. The van der Waals surface area contributed by atoms with Gasteiger partial charge in [0.2, 0.25) is 17.7 Å². The number of hydrogen-bond acceptors (Lipinski definition) is 11. The number of nitro groups is 1. The lowest BCUT2D eigenvalue weighted by Crippen LogP contribution is -2.63. The first-order valence-electron chi connectivity index (χ1n) is 14.2. The molecular formula is C28H33N5O10S. The van der Waals surface area contributed by atoms with Crippen molar-refractivity contribution in [2.45, 2.75) is 43.8 Å². The number of carbonyl (C=O) groups is 5. The maximum atomic E-state index is 14.0. The van der Waals surface area contributed by atoms with E-state index in [2.05, 4.69) is 5.32 Å². The maximum absolute atomic E-state index is 14.0. The van der Waals surface area contributed by atoms with E-state index in [1.54, 1.807) is 11.8 Å². The van der Waals surface area contributed by atoms with E-state index in [1.807, 2.05) is 4.90 Å². The summed E-state index contributed by atoms with van der Waals surface area (Å²) in [6.07, 6.45) is -1.13. The number of non-ortho nitro benzene ring substituents is 1. The van der Waals surface area contributed by atoms with Crippen LogP contribution in [0.25, 0.3) is 0 Å². The molecule has 0 aromatic heterocycles. The first kappa shape index (κ1) is 31.4. The second-order valence-electron chi connectivity index (χ2n) is 11.5. The van der Waals surface area contributed by atoms with Crippen LogP contribution < -0.4 is 5.32 Å². The Morgan fingerprint density at radius 1 is 1.18 bits per heavy atom. The van der Waals surface area contributed by atoms with Crippen molar-refractivity contribution in [3.8, 4) is 0 Å². The molecule has 0 saturated carbocycles. The number of carbonyl (C=O) groups excluding carboxylic acids is 4. The predicted octanol–water partition coefficient (Wildman–Crippen LogP) is -0.0722. The molecule has 0 aliphatic carbocycles. The first-order chi connectivity index (χ1) is 20.8. The third-order valence-corrected chi connectivity index (χ3v) is 10.2. The lowest BCUT2D eigenvalue weighted by atomic mass is 9.79. The van der Waals surface area contributed by atoms with Crippen molar-refractivity contribution < 1.29 is 43.8 Å². The number of amides is 3. The van der Waals surface area contributed by atoms with Gasteiger partial charge in [0, 0.05) is 55.7 Å². The predicted molar refractivity (Wildman–Crippen MR) is 153 cm³/mol. The molecule has 3 fully saturated rings. The van der Waals surface area contributed by atoms with Crippen molar-refractivity contribution in [2.24, 2.45) is 11.8 Å². The smallest absolute Gasteiger partial charge is 0.353 e. The number of carboxylic acid groups (broad SMARTS) is 1. The summed E-state index contributed by atoms with van der Waals surface area (Å²) in [5, 5.41) is 33.7. The Kier molecular flexibility index (Phi) is 8.68. The van der Waals surface area contributed by atoms with E-state index in [-0.39, 0.29) is 62.4 Å². The molecule has 5 rings (SSSR count). The first-order valence-corrected chi connectivity index (χ1v) is 15.0. The molecule has 0 spiro atoms. The van der Waals surface area contributed by atoms with Crippen LogP contribution in [-0.4, -0.2) is 116 Å². The Hall–Kier alpha value is -4.02. The summed E-state index contributed by atoms with van der Waals surface area (Å²) in [5.74, 6) is -4.16. The molecule has 1 aromatic carbocycles. The zero-order chi connectivity index (χ0) is 31.9. The van der Waals surface area contributed by atoms with E-state index in [0.717, 1.165) is 11.8 Å². The van der Waals surface area contributed by atoms with Gasteiger partial charge in [0.05, 0.1) is 36.0 Å². The second kappa shape index (κ2) is 12.2. The molecule has 1 unspecified atom stereocenters. The van der Waals surface area contributed by atoms with Crippen LogP contribution in [0.4, 0.5) is 5.69 Å². The Balaban J connectivity index is 1.21. The highest BCUT2D eigenvalue weighted by molar-refractivity contribution is 8.05. The summed E-state index contributed by atoms with van der Waals surface area (Å²) in [7, 11) is 0. The molecule has 15 nitrogen and oxygen atoms in total. The maximum Gasteiger partial charge on any atom is 0.353 e. The topological polar surface area (TPSA) is 200 Å². The number of aliphatic hydroxyl groups is 1. The summed E-state index contributed by atoms with van der Waals surface area (Å²) < 4.78 is 3.99. The van der Waals surface area contributed by atoms with Crippen LogP contribution in [0.15, 0.2) is 34.9 Å². The largest absolute Gasteiger partial charge is 0.477 e. The number of nitrogens with one attached hydrogen (secondary N) is 1. The fraction of sp³-hybridized carbons (Fsp3) is 0.536. The standard InChI is InChI=1S/C28H33N5O10S/c1-15-22-21(16(2)34)25(37)32(22)23(26(38)39)24(15)44-28(11-19(35)29-14-28)27(40)31-9-7-30(8-10-31)12-20(36)43-13-17-3-5-18(6-4-17)33(41)42/h3-6,15-16,21-22,34H,7-14H2,1-2H3,(H,29,35)(H,38,39)/t15-,16?,21-,22-,28+/m1/s1. The highest BCUT2D eigenvalue weighted by Gasteiger charge is 2.62. The summed E-state index contributed by atoms with van der Waals surface area (Å²) in [6.45, 7) is 4.44. The van der Waals surface area contributed by atoms with Gasteiger partial charge in [-0.2, -0.15) is 0 Å². The fourth-order valence-corrected chi connectivity index (χ4v) is 7.86. The number of fused-ring (bicyclic) bond motifs is 1. The molecular weight excluding hydrogens is 598 g/mol. The van der Waals surface area contributed by atoms with Crippen molar-refractivity contribution in [2.75, 3.05) is 39.3 Å². The summed E-state index contributed by atoms with van der Waals surface area (Å²) in [5.41, 5.74) is 0.334. The number of ether oxygens (including phenoxy) is 1. The summed E-state index contributed by atoms with van der Waals surface area (Å²) >= 11 is 1.02. The van der Waals surface area contributed by atoms with Gasteiger partial charge in [0.25, 0.3) is 5.69 Å². The van der Waals surface area contributed by atoms with Gasteiger partial charge >= 0.3 is 11.9 Å². The highest BCUT2D eigenvalue weighted by atomic mass is 32.2. The van der Waals surface area contributed by atoms with E-state index in [9.17, 15) is 44.3 Å². The van der Waals surface area contributed by atoms with Gasteiger partial charge in [0.1, 0.15) is 17.1 Å². The third kappa shape index (κ3) is 5.76. The minimum absolute atomic E-state index is 0.00786. The van der Waals surface area contributed by atoms with Gasteiger partial charge in [-0.15, -0.1) is 11.8 Å². The number of carboxylic acids is 1. The van der Waals surface area contributed by atoms with Crippen molar-refractivity contribution in [1.82, 2.24) is 20.0 Å². The average Bonchev–Trinajstić information content (AvgIpc) is 3.47. The van der Waals surface area contributed by atoms with Crippen LogP contribution in [-0.2, 0) is 35.3 Å². The van der Waals surface area contributed by atoms with Crippen molar-refractivity contribution in [3.63, 3.8) is 0 Å². The molecule has 236 valence electrons. The number of nitrogens with zero attached hydrogens (tertiary/aromatic N) is 4. The molecule has 5 atom stereocenters. The van der Waals surface area contributed by atoms with E-state index < -0.39 is 51.5 Å². The van der Waals surface area contributed by atoms with Gasteiger partial charge < -0.3 is 30.1 Å². The molecule has 1 aromatic rings. The Morgan fingerprint density at radius 3 is 2.39 bits per heavy atom. The molecule has 0 bridgehead atoms. The number of esters is 1. The van der Waals surface area contributed by atoms with Gasteiger partial charge in [-0.3, -0.25) is 34.2 Å². The van der Waals surface area contributed by atoms with Crippen LogP contribution in [0.1, 0.15) is 25.8 Å². The number of hydrogen-bond donors (Lipinski definition) is 3. The van der Waals surface area contributed by atoms with Gasteiger partial charge in [-0.25, -0.2) is 4.79 Å². The van der Waals surface area contributed by atoms with Gasteiger partial charge in [0.15, 0.2) is 0 Å². The molecule has 4 heterocycles. The number of β-lactam (4-membered cyclic amide) rings is 1. The lowest BCUT2D eigenvalue weighted by Gasteiger charge is -2.46. The van der Waals surface area contributed by atoms with Crippen LogP contribution in [0.5, 0.6) is 0 Å². The van der Waals surface area contributed by atoms with Crippen LogP contribution in [0.2, 0.25) is 0 Å². The van der Waals surface area contributed by atoms with Crippen LogP contribution >= 0.6 is 11.8 Å². The number of aliphatic hydroxyl groups excluding tert-OH is 1. The Bertz CT molecular complexity index is 1420. The fourth-order valence-electron chi connectivity index (χ4n) is 6.26. The van der Waals surface area contributed by atoms with Gasteiger partial charge in [-0.1, -0.05) is 6.92 Å². The third-order valence-electron chi connectivity index (χ3n) is 8.58. The molecule has 4 aliphatic rings. The molecule has 16 heteroatoms. The molecule has 3 saturated heterocycles. The van der Waals surface area contributed by atoms with E-state index in [1.165, 1.54) is 36.1 Å². The molecule has 44 heavy (non-hydrogen) atoms. The Morgan fingerprint density at radius 2 is 1.84 bits per heavy atom. The number of thioether (sulfide) groups is 1. The van der Waals surface area contributed by atoms with Gasteiger partial charge in [-0.05, 0) is 24.6 Å². The van der Waals surface area contributed by atoms with Crippen molar-refractivity contribution in [1.29, 1.82) is 0 Å². The number of rotatable bonds is 10.